The molecule has 4 nitrogen and oxygen atoms in total. The van der Waals surface area contributed by atoms with Crippen LogP contribution in [0.1, 0.15) is 23.5 Å². The minimum atomic E-state index is -1.60. The first-order valence-electron chi connectivity index (χ1n) is 7.25. The summed E-state index contributed by atoms with van der Waals surface area (Å²) in [5.41, 5.74) is 1.94. The number of hydrogen-bond acceptors (Lipinski definition) is 3. The van der Waals surface area contributed by atoms with Crippen molar-refractivity contribution in [2.45, 2.75) is 55.8 Å². The molecule has 0 amide bonds. The van der Waals surface area contributed by atoms with Crippen LogP contribution in [0.5, 0.6) is 11.8 Å². The van der Waals surface area contributed by atoms with Crippen LogP contribution in [0, 0.1) is 0 Å². The molecule has 2 aliphatic carbocycles. The molecule has 2 heterocycles. The van der Waals surface area contributed by atoms with E-state index in [1.807, 2.05) is 0 Å². The number of rotatable bonds is 3. The predicted molar refractivity (Wildman–Crippen MR) is 79.0 cm³/mol. The van der Waals surface area contributed by atoms with Crippen molar-refractivity contribution in [2.24, 2.45) is 0 Å². The maximum Gasteiger partial charge on any atom is 0.198 e. The third kappa shape index (κ3) is 1.10. The van der Waals surface area contributed by atoms with E-state index in [-0.39, 0.29) is 34.9 Å². The van der Waals surface area contributed by atoms with Gasteiger partial charge in [0.2, 0.25) is 0 Å². The Kier molecular flexibility index (Phi) is 2.09. The Hall–Kier alpha value is -1.20. The third-order valence-electron chi connectivity index (χ3n) is 5.66. The maximum atomic E-state index is 10.7. The summed E-state index contributed by atoms with van der Waals surface area (Å²) >= 11 is 0. The van der Waals surface area contributed by atoms with Crippen molar-refractivity contribution in [2.75, 3.05) is 0 Å². The Bertz CT molecular complexity index is 630. The molecule has 2 bridgehead atoms. The molecule has 0 radical (unpaired) electrons. The van der Waals surface area contributed by atoms with Gasteiger partial charge < -0.3 is 14.9 Å². The number of ether oxygens (including phenoxy) is 1. The van der Waals surface area contributed by atoms with Gasteiger partial charge in [0.1, 0.15) is 0 Å². The monoisotopic (exact) mass is 291 g/mol. The minimum Gasteiger partial charge on any atom is -0.494 e. The predicted octanol–water partition coefficient (Wildman–Crippen LogP) is 2.47. The molecular weight excluding hydrogens is 270 g/mol. The van der Waals surface area contributed by atoms with Crippen LogP contribution in [-0.4, -0.2) is 35.1 Å². The van der Waals surface area contributed by atoms with Gasteiger partial charge in [0.15, 0.2) is 11.8 Å². The number of aromatic hydroxyl groups is 2. The second kappa shape index (κ2) is 3.34. The summed E-state index contributed by atoms with van der Waals surface area (Å²) in [7, 11) is -1.60. The number of aromatic nitrogens is 1. The van der Waals surface area contributed by atoms with Gasteiger partial charge in [0.25, 0.3) is 0 Å². The summed E-state index contributed by atoms with van der Waals surface area (Å²) in [5, 5.41) is 21.1. The highest BCUT2D eigenvalue weighted by Gasteiger charge is 2.76. The molecule has 2 N–H and O–H groups in total. The molecule has 0 spiro atoms. The second-order valence-corrected chi connectivity index (χ2v) is 12.8. The Morgan fingerprint density at radius 3 is 2.70 bits per heavy atom. The van der Waals surface area contributed by atoms with Crippen molar-refractivity contribution < 1.29 is 14.9 Å². The molecule has 2 fully saturated rings. The number of allylic oxidation sites excluding steroid dienone is 1. The van der Waals surface area contributed by atoms with E-state index in [0.717, 1.165) is 17.5 Å². The van der Waals surface area contributed by atoms with Gasteiger partial charge in [-0.15, -0.1) is 6.58 Å². The molecule has 5 heteroatoms. The molecule has 108 valence electrons. The Labute approximate surface area is 119 Å². The zero-order valence-electron chi connectivity index (χ0n) is 12.2. The summed E-state index contributed by atoms with van der Waals surface area (Å²) in [4.78, 5) is 0. The van der Waals surface area contributed by atoms with Crippen LogP contribution >= 0.6 is 0 Å². The van der Waals surface area contributed by atoms with Crippen LogP contribution in [-0.2, 0) is 16.3 Å². The van der Waals surface area contributed by atoms with Crippen LogP contribution in [0.4, 0.5) is 0 Å². The fraction of sp³-hybridized carbons (Fsp3) is 0.600. The van der Waals surface area contributed by atoms with Crippen molar-refractivity contribution in [3.05, 3.63) is 23.8 Å². The van der Waals surface area contributed by atoms with Gasteiger partial charge in [-0.3, -0.25) is 4.57 Å². The second-order valence-electron chi connectivity index (χ2n) is 7.39. The van der Waals surface area contributed by atoms with Crippen molar-refractivity contribution >= 4 is 8.07 Å². The van der Waals surface area contributed by atoms with Gasteiger partial charge in [-0.2, -0.15) is 0 Å². The van der Waals surface area contributed by atoms with E-state index >= 15 is 0 Å². The molecular formula is C15H21NO3Si. The molecule has 4 unspecified atom stereocenters. The summed E-state index contributed by atoms with van der Waals surface area (Å²) in [6.45, 7) is 11.2. The standard InChI is InChI=1S/C15H21NO3Si/c1-5-6-16-13(17)9-8-7-15(20(2,3)4,10(9)14(16)18)12-11(8)19-12/h5,8,11-12,17-18H,1,6-7H2,2-4H3. The van der Waals surface area contributed by atoms with Gasteiger partial charge in [0, 0.05) is 28.6 Å². The van der Waals surface area contributed by atoms with E-state index in [9.17, 15) is 10.2 Å². The summed E-state index contributed by atoms with van der Waals surface area (Å²) < 4.78 is 7.49. The van der Waals surface area contributed by atoms with E-state index < -0.39 is 8.07 Å². The highest BCUT2D eigenvalue weighted by atomic mass is 28.3. The highest BCUT2D eigenvalue weighted by molar-refractivity contribution is 6.79. The van der Waals surface area contributed by atoms with Crippen molar-refractivity contribution in [3.8, 4) is 11.8 Å². The van der Waals surface area contributed by atoms with E-state index in [1.54, 1.807) is 10.6 Å². The summed E-state index contributed by atoms with van der Waals surface area (Å²) in [6.07, 6.45) is 3.27. The lowest BCUT2D eigenvalue weighted by atomic mass is 9.94. The molecule has 1 aliphatic heterocycles. The molecule has 1 saturated carbocycles. The van der Waals surface area contributed by atoms with E-state index in [2.05, 4.69) is 26.2 Å². The smallest absolute Gasteiger partial charge is 0.198 e. The Morgan fingerprint density at radius 1 is 1.40 bits per heavy atom. The molecule has 4 atom stereocenters. The van der Waals surface area contributed by atoms with Crippen LogP contribution < -0.4 is 0 Å². The highest BCUT2D eigenvalue weighted by Crippen LogP contribution is 2.72. The Balaban J connectivity index is 2.00. The number of fused-ring (bicyclic) bond motifs is 8. The van der Waals surface area contributed by atoms with Gasteiger partial charge >= 0.3 is 0 Å². The quantitative estimate of drug-likeness (QED) is 0.511. The van der Waals surface area contributed by atoms with Gasteiger partial charge in [-0.25, -0.2) is 0 Å². The van der Waals surface area contributed by atoms with Crippen molar-refractivity contribution in [1.29, 1.82) is 0 Å². The van der Waals surface area contributed by atoms with E-state index in [4.69, 9.17) is 4.74 Å². The lowest BCUT2D eigenvalue weighted by molar-refractivity contribution is 0.267. The normalized spacial score (nSPS) is 36.9. The molecule has 1 saturated heterocycles. The molecule has 3 aliphatic rings. The molecule has 1 aromatic heterocycles. The summed E-state index contributed by atoms with van der Waals surface area (Å²) in [5.74, 6) is 0.714. The average molecular weight is 291 g/mol. The van der Waals surface area contributed by atoms with E-state index in [1.165, 1.54) is 0 Å². The molecule has 1 aromatic rings. The zero-order valence-corrected chi connectivity index (χ0v) is 13.2. The average Bonchev–Trinajstić information content (AvgIpc) is 2.93. The molecule has 20 heavy (non-hydrogen) atoms. The van der Waals surface area contributed by atoms with Crippen LogP contribution in [0.25, 0.3) is 0 Å². The SMILES string of the molecule is C=CCn1c(O)c2c(c1O)C1([Si](C)(C)C)CC2C2OC21. The number of nitrogens with zero attached hydrogens (tertiary/aromatic N) is 1. The summed E-state index contributed by atoms with van der Waals surface area (Å²) in [6, 6.07) is 0. The zero-order chi connectivity index (χ0) is 14.4. The first kappa shape index (κ1) is 12.5. The van der Waals surface area contributed by atoms with Crippen molar-refractivity contribution in [1.82, 2.24) is 4.57 Å². The largest absolute Gasteiger partial charge is 0.494 e. The topological polar surface area (TPSA) is 57.9 Å². The van der Waals surface area contributed by atoms with Gasteiger partial charge in [-0.1, -0.05) is 25.7 Å². The van der Waals surface area contributed by atoms with Gasteiger partial charge in [-0.05, 0) is 6.42 Å². The fourth-order valence-corrected chi connectivity index (χ4v) is 7.64. The Morgan fingerprint density at radius 2 is 2.10 bits per heavy atom. The van der Waals surface area contributed by atoms with Crippen molar-refractivity contribution in [3.63, 3.8) is 0 Å². The number of epoxide rings is 1. The third-order valence-corrected chi connectivity index (χ3v) is 9.08. The first-order valence-corrected chi connectivity index (χ1v) is 10.8. The van der Waals surface area contributed by atoms with Crippen LogP contribution in [0.15, 0.2) is 12.7 Å². The lowest BCUT2D eigenvalue weighted by Gasteiger charge is -2.39. The minimum absolute atomic E-state index is 0.0361. The molecule has 4 rings (SSSR count). The lowest BCUT2D eigenvalue weighted by Crippen LogP contribution is -2.51. The van der Waals surface area contributed by atoms with E-state index in [0.29, 0.717) is 6.54 Å². The van der Waals surface area contributed by atoms with Crippen LogP contribution in [0.3, 0.4) is 0 Å². The van der Waals surface area contributed by atoms with Crippen LogP contribution in [0.2, 0.25) is 19.6 Å². The maximum absolute atomic E-state index is 10.7. The fourth-order valence-electron chi connectivity index (χ4n) is 4.73. The number of hydrogen-bond donors (Lipinski definition) is 2. The molecule has 0 aromatic carbocycles. The van der Waals surface area contributed by atoms with Gasteiger partial charge in [0.05, 0.1) is 20.3 Å². The first-order chi connectivity index (χ1) is 9.34.